The van der Waals surface area contributed by atoms with Crippen LogP contribution in [0.4, 0.5) is 5.69 Å². The zero-order valence-corrected chi connectivity index (χ0v) is 5.65. The number of nitrogen functional groups attached to an aromatic ring is 1. The van der Waals surface area contributed by atoms with E-state index in [1.807, 2.05) is 24.0 Å². The van der Waals surface area contributed by atoms with Gasteiger partial charge < -0.3 is 10.3 Å². The molecule has 0 atom stereocenters. The molecule has 0 unspecified atom stereocenters. The normalized spacial score (nSPS) is 10.9. The number of fused-ring (bicyclic) bond motifs is 1. The molecule has 0 spiro atoms. The van der Waals surface area contributed by atoms with Crippen LogP contribution in [0, 0.1) is 0 Å². The second-order valence-electron chi connectivity index (χ2n) is 2.28. The number of rotatable bonds is 0. The van der Waals surface area contributed by atoms with Gasteiger partial charge in [-0.2, -0.15) is 5.10 Å². The lowest BCUT2D eigenvalue weighted by molar-refractivity contribution is 0.929. The number of nitrogens with zero attached hydrogens (tertiary/aromatic N) is 3. The van der Waals surface area contributed by atoms with E-state index >= 15 is 0 Å². The second kappa shape index (κ2) is 1.53. The van der Waals surface area contributed by atoms with Crippen molar-refractivity contribution in [2.45, 2.75) is 0 Å². The molecule has 0 saturated carbocycles. The van der Waals surface area contributed by atoms with Crippen LogP contribution >= 0.6 is 0 Å². The second-order valence-corrected chi connectivity index (χ2v) is 2.28. The summed E-state index contributed by atoms with van der Waals surface area (Å²) < 4.78 is 3.68. The molecule has 52 valence electrons. The first-order chi connectivity index (χ1) is 4.79. The van der Waals surface area contributed by atoms with Crippen molar-refractivity contribution in [1.82, 2.24) is 14.2 Å². The van der Waals surface area contributed by atoms with Crippen molar-refractivity contribution in [3.63, 3.8) is 0 Å². The Balaban J connectivity index is 2.98. The molecule has 2 heterocycles. The van der Waals surface area contributed by atoms with Crippen LogP contribution in [-0.4, -0.2) is 14.2 Å². The van der Waals surface area contributed by atoms with E-state index in [1.165, 1.54) is 0 Å². The molecule has 0 fully saturated rings. The van der Waals surface area contributed by atoms with Crippen LogP contribution in [0.5, 0.6) is 0 Å². The minimum Gasteiger partial charge on any atom is -0.394 e. The molecule has 2 rings (SSSR count). The molecule has 2 N–H and O–H groups in total. The summed E-state index contributed by atoms with van der Waals surface area (Å²) in [7, 11) is 1.94. The van der Waals surface area contributed by atoms with Crippen molar-refractivity contribution in [3.8, 4) is 0 Å². The lowest BCUT2D eigenvalue weighted by atomic mass is 10.6. The standard InChI is InChI=1S/C6H8N4/c1-9-2-3-10-6(9)5(7)4-8-10/h2-4H,7H2,1H3. The Bertz CT molecular complexity index is 325. The number of anilines is 1. The lowest BCUT2D eigenvalue weighted by Crippen LogP contribution is -1.90. The van der Waals surface area contributed by atoms with Crippen LogP contribution in [0.1, 0.15) is 0 Å². The maximum Gasteiger partial charge on any atom is 0.158 e. The highest BCUT2D eigenvalue weighted by atomic mass is 15.3. The molecule has 0 saturated heterocycles. The molecular weight excluding hydrogens is 128 g/mol. The maximum atomic E-state index is 5.62. The minimum absolute atomic E-state index is 0.715. The zero-order chi connectivity index (χ0) is 7.14. The Labute approximate surface area is 57.9 Å². The average Bonchev–Trinajstić information content (AvgIpc) is 2.40. The zero-order valence-electron chi connectivity index (χ0n) is 5.65. The third kappa shape index (κ3) is 0.478. The molecule has 0 aliphatic heterocycles. The fourth-order valence-corrected chi connectivity index (χ4v) is 1.08. The predicted octanol–water partition coefficient (Wildman–Crippen LogP) is 0.255. The molecule has 0 radical (unpaired) electrons. The third-order valence-electron chi connectivity index (χ3n) is 1.56. The Morgan fingerprint density at radius 2 is 2.30 bits per heavy atom. The minimum atomic E-state index is 0.715. The number of imidazole rings is 1. The highest BCUT2D eigenvalue weighted by Crippen LogP contribution is 2.10. The van der Waals surface area contributed by atoms with Gasteiger partial charge >= 0.3 is 0 Å². The molecule has 10 heavy (non-hydrogen) atoms. The average molecular weight is 136 g/mol. The van der Waals surface area contributed by atoms with Crippen LogP contribution < -0.4 is 5.73 Å². The van der Waals surface area contributed by atoms with Gasteiger partial charge in [0.25, 0.3) is 0 Å². The fourth-order valence-electron chi connectivity index (χ4n) is 1.08. The van der Waals surface area contributed by atoms with Gasteiger partial charge in [0, 0.05) is 19.4 Å². The molecule has 2 aromatic heterocycles. The van der Waals surface area contributed by atoms with Crippen LogP contribution in [0.15, 0.2) is 18.6 Å². The monoisotopic (exact) mass is 136 g/mol. The van der Waals surface area contributed by atoms with E-state index in [0.29, 0.717) is 5.69 Å². The number of hydrogen-bond acceptors (Lipinski definition) is 2. The molecule has 0 amide bonds. The van der Waals surface area contributed by atoms with Gasteiger partial charge in [0.05, 0.1) is 11.9 Å². The van der Waals surface area contributed by atoms with E-state index < -0.39 is 0 Å². The van der Waals surface area contributed by atoms with Gasteiger partial charge in [-0.1, -0.05) is 0 Å². The summed E-state index contributed by atoms with van der Waals surface area (Å²) in [6.45, 7) is 0. The van der Waals surface area contributed by atoms with Gasteiger partial charge in [0.2, 0.25) is 0 Å². The van der Waals surface area contributed by atoms with Gasteiger partial charge in [0.15, 0.2) is 5.65 Å². The van der Waals surface area contributed by atoms with Gasteiger partial charge in [-0.25, -0.2) is 4.52 Å². The Morgan fingerprint density at radius 3 is 3.00 bits per heavy atom. The molecule has 0 aromatic carbocycles. The summed E-state index contributed by atoms with van der Waals surface area (Å²) in [5.41, 5.74) is 7.28. The summed E-state index contributed by atoms with van der Waals surface area (Å²) in [6, 6.07) is 0. The van der Waals surface area contributed by atoms with Crippen molar-refractivity contribution >= 4 is 11.3 Å². The van der Waals surface area contributed by atoms with E-state index in [0.717, 1.165) is 5.65 Å². The largest absolute Gasteiger partial charge is 0.394 e. The van der Waals surface area contributed by atoms with Crippen molar-refractivity contribution in [1.29, 1.82) is 0 Å². The first-order valence-electron chi connectivity index (χ1n) is 3.03. The Hall–Kier alpha value is -1.45. The van der Waals surface area contributed by atoms with Crippen molar-refractivity contribution in [2.24, 2.45) is 7.05 Å². The van der Waals surface area contributed by atoms with Gasteiger partial charge in [-0.05, 0) is 0 Å². The van der Waals surface area contributed by atoms with Crippen LogP contribution in [0.25, 0.3) is 5.65 Å². The first-order valence-corrected chi connectivity index (χ1v) is 3.03. The van der Waals surface area contributed by atoms with E-state index in [1.54, 1.807) is 10.7 Å². The molecule has 4 heteroatoms. The SMILES string of the molecule is Cn1ccn2ncc(N)c12. The van der Waals surface area contributed by atoms with E-state index in [2.05, 4.69) is 5.10 Å². The summed E-state index contributed by atoms with van der Waals surface area (Å²) in [5, 5.41) is 4.01. The van der Waals surface area contributed by atoms with Crippen LogP contribution in [0.2, 0.25) is 0 Å². The number of aromatic nitrogens is 3. The summed E-state index contributed by atoms with van der Waals surface area (Å²) in [4.78, 5) is 0. The predicted molar refractivity (Wildman–Crippen MR) is 38.6 cm³/mol. The molecule has 4 nitrogen and oxygen atoms in total. The van der Waals surface area contributed by atoms with Gasteiger partial charge in [-0.15, -0.1) is 0 Å². The molecule has 0 bridgehead atoms. The number of nitrogens with two attached hydrogens (primary N) is 1. The van der Waals surface area contributed by atoms with Gasteiger partial charge in [-0.3, -0.25) is 0 Å². The lowest BCUT2D eigenvalue weighted by Gasteiger charge is -1.89. The summed E-state index contributed by atoms with van der Waals surface area (Å²) in [6.07, 6.45) is 5.43. The van der Waals surface area contributed by atoms with E-state index in [4.69, 9.17) is 5.73 Å². The van der Waals surface area contributed by atoms with E-state index in [9.17, 15) is 0 Å². The van der Waals surface area contributed by atoms with Crippen molar-refractivity contribution in [2.75, 3.05) is 5.73 Å². The van der Waals surface area contributed by atoms with Crippen LogP contribution in [-0.2, 0) is 7.05 Å². The Morgan fingerprint density at radius 1 is 1.50 bits per heavy atom. The third-order valence-corrected chi connectivity index (χ3v) is 1.56. The van der Waals surface area contributed by atoms with E-state index in [-0.39, 0.29) is 0 Å². The summed E-state index contributed by atoms with van der Waals surface area (Å²) in [5.74, 6) is 0. The topological polar surface area (TPSA) is 48.2 Å². The van der Waals surface area contributed by atoms with Crippen molar-refractivity contribution in [3.05, 3.63) is 18.6 Å². The Kier molecular flexibility index (Phi) is 0.818. The maximum absolute atomic E-state index is 5.62. The molecule has 2 aromatic rings. The van der Waals surface area contributed by atoms with Crippen LogP contribution in [0.3, 0.4) is 0 Å². The highest BCUT2D eigenvalue weighted by molar-refractivity contribution is 5.63. The number of aryl methyl sites for hydroxylation is 1. The quantitative estimate of drug-likeness (QED) is 0.564. The fraction of sp³-hybridized carbons (Fsp3) is 0.167. The summed E-state index contributed by atoms with van der Waals surface area (Å²) >= 11 is 0. The highest BCUT2D eigenvalue weighted by Gasteiger charge is 2.01. The molecule has 0 aliphatic carbocycles. The number of hydrogen-bond donors (Lipinski definition) is 1. The smallest absolute Gasteiger partial charge is 0.158 e. The van der Waals surface area contributed by atoms with Gasteiger partial charge in [0.1, 0.15) is 0 Å². The molecule has 0 aliphatic rings. The molecular formula is C6H8N4. The first kappa shape index (κ1) is 5.34. The van der Waals surface area contributed by atoms with Crippen molar-refractivity contribution < 1.29 is 0 Å².